The van der Waals surface area contributed by atoms with Gasteiger partial charge in [-0.05, 0) is 4.98 Å². The second-order valence-corrected chi connectivity index (χ2v) is 2.19. The van der Waals surface area contributed by atoms with E-state index in [9.17, 15) is 13.2 Å². The highest BCUT2D eigenvalue weighted by Crippen LogP contribution is 2.24. The summed E-state index contributed by atoms with van der Waals surface area (Å²) in [4.78, 5) is 3.26. The van der Waals surface area contributed by atoms with E-state index in [1.807, 2.05) is 0 Å². The van der Waals surface area contributed by atoms with Gasteiger partial charge in [0, 0.05) is 6.92 Å². The van der Waals surface area contributed by atoms with Crippen LogP contribution < -0.4 is 4.68 Å². The maximum absolute atomic E-state index is 12.0. The average molecular weight is 166 g/mol. The van der Waals surface area contributed by atoms with E-state index in [0.29, 0.717) is 0 Å². The van der Waals surface area contributed by atoms with Crippen molar-refractivity contribution in [2.24, 2.45) is 7.05 Å². The molecule has 1 N–H and O–H groups in total. The monoisotopic (exact) mass is 166 g/mol. The highest BCUT2D eigenvalue weighted by atomic mass is 19.4. The Bertz CT molecular complexity index is 262. The lowest BCUT2D eigenvalue weighted by Crippen LogP contribution is -2.38. The molecule has 0 aliphatic carbocycles. The van der Waals surface area contributed by atoms with E-state index in [1.165, 1.54) is 14.0 Å². The summed E-state index contributed by atoms with van der Waals surface area (Å²) in [5.41, 5.74) is 0. The van der Waals surface area contributed by atoms with Gasteiger partial charge < -0.3 is 0 Å². The number of aromatic amines is 1. The minimum Gasteiger partial charge on any atom is -0.191 e. The van der Waals surface area contributed by atoms with E-state index in [0.717, 1.165) is 4.68 Å². The van der Waals surface area contributed by atoms with Crippen molar-refractivity contribution in [3.63, 3.8) is 0 Å². The molecule has 1 aromatic heterocycles. The van der Waals surface area contributed by atoms with Gasteiger partial charge in [-0.2, -0.15) is 23.0 Å². The second-order valence-electron chi connectivity index (χ2n) is 2.19. The van der Waals surface area contributed by atoms with Crippen molar-refractivity contribution in [2.75, 3.05) is 0 Å². The van der Waals surface area contributed by atoms with Crippen LogP contribution in [0.4, 0.5) is 13.2 Å². The second kappa shape index (κ2) is 2.21. The van der Waals surface area contributed by atoms with Crippen LogP contribution in [-0.4, -0.2) is 10.1 Å². The van der Waals surface area contributed by atoms with Gasteiger partial charge in [0.15, 0.2) is 0 Å². The van der Waals surface area contributed by atoms with Crippen LogP contribution in [0.2, 0.25) is 0 Å². The minimum atomic E-state index is -4.38. The summed E-state index contributed by atoms with van der Waals surface area (Å²) >= 11 is 0. The number of rotatable bonds is 0. The van der Waals surface area contributed by atoms with Gasteiger partial charge in [-0.3, -0.25) is 0 Å². The van der Waals surface area contributed by atoms with Crippen LogP contribution in [0, 0.1) is 6.92 Å². The lowest BCUT2D eigenvalue weighted by Gasteiger charge is -1.94. The summed E-state index contributed by atoms with van der Waals surface area (Å²) in [6.07, 6.45) is -4.38. The molecule has 6 heteroatoms. The fourth-order valence-corrected chi connectivity index (χ4v) is 0.808. The van der Waals surface area contributed by atoms with Gasteiger partial charge in [-0.15, -0.1) is 0 Å². The summed E-state index contributed by atoms with van der Waals surface area (Å²) in [5, 5.41) is 2.40. The molecule has 1 heterocycles. The molecule has 0 saturated heterocycles. The summed E-state index contributed by atoms with van der Waals surface area (Å²) in [5.74, 6) is -0.658. The topological polar surface area (TPSA) is 32.6 Å². The molecule has 0 bridgehead atoms. The Balaban J connectivity index is 3.13. The first kappa shape index (κ1) is 8.03. The first-order valence-electron chi connectivity index (χ1n) is 2.91. The molecule has 0 amide bonds. The molecule has 0 aliphatic rings. The minimum absolute atomic E-state index is 0.250. The molecule has 62 valence electrons. The maximum atomic E-state index is 12.0. The molecule has 0 aromatic carbocycles. The normalized spacial score (nSPS) is 12.1. The van der Waals surface area contributed by atoms with Crippen molar-refractivity contribution in [1.82, 2.24) is 10.1 Å². The van der Waals surface area contributed by atoms with E-state index >= 15 is 0 Å². The van der Waals surface area contributed by atoms with Crippen LogP contribution in [0.3, 0.4) is 0 Å². The van der Waals surface area contributed by atoms with E-state index in [2.05, 4.69) is 10.1 Å². The number of nitrogens with zero attached hydrogens (tertiary/aromatic N) is 2. The molecule has 0 atom stereocenters. The van der Waals surface area contributed by atoms with Gasteiger partial charge in [0.05, 0.1) is 0 Å². The summed E-state index contributed by atoms with van der Waals surface area (Å²) < 4.78 is 36.7. The first-order chi connectivity index (χ1) is 4.91. The first-order valence-corrected chi connectivity index (χ1v) is 2.91. The Kier molecular flexibility index (Phi) is 1.62. The Labute approximate surface area is 60.8 Å². The third-order valence-corrected chi connectivity index (χ3v) is 1.17. The highest BCUT2D eigenvalue weighted by Gasteiger charge is 2.44. The zero-order valence-electron chi connectivity index (χ0n) is 6.03. The molecule has 11 heavy (non-hydrogen) atoms. The molecular weight excluding hydrogens is 159 g/mol. The van der Waals surface area contributed by atoms with Crippen LogP contribution in [-0.2, 0) is 13.2 Å². The number of hydrogen-bond donors (Lipinski definition) is 1. The van der Waals surface area contributed by atoms with Crippen molar-refractivity contribution < 1.29 is 17.9 Å². The number of aromatic nitrogens is 3. The van der Waals surface area contributed by atoms with E-state index in [4.69, 9.17) is 0 Å². The van der Waals surface area contributed by atoms with Crippen molar-refractivity contribution in [1.29, 1.82) is 0 Å². The van der Waals surface area contributed by atoms with E-state index in [1.54, 1.807) is 0 Å². The van der Waals surface area contributed by atoms with Crippen LogP contribution in [0.5, 0.6) is 0 Å². The fourth-order valence-electron chi connectivity index (χ4n) is 0.808. The van der Waals surface area contributed by atoms with Gasteiger partial charge >= 0.3 is 12.0 Å². The Hall–Kier alpha value is -1.07. The van der Waals surface area contributed by atoms with Crippen molar-refractivity contribution in [3.05, 3.63) is 11.6 Å². The molecule has 0 fully saturated rings. The maximum Gasteiger partial charge on any atom is 0.501 e. The van der Waals surface area contributed by atoms with Crippen LogP contribution >= 0.6 is 0 Å². The van der Waals surface area contributed by atoms with Gasteiger partial charge in [0.25, 0.3) is 0 Å². The summed E-state index contributed by atoms with van der Waals surface area (Å²) in [6.45, 7) is 1.47. The number of nitrogens with one attached hydrogen (secondary N) is 1. The number of hydrogen-bond acceptors (Lipinski definition) is 1. The number of alkyl halides is 3. The zero-order valence-corrected chi connectivity index (χ0v) is 6.03. The van der Waals surface area contributed by atoms with Crippen LogP contribution in [0.1, 0.15) is 11.6 Å². The predicted octanol–water partition coefficient (Wildman–Crippen LogP) is 0.561. The molecular formula is C5H7F3N3+. The van der Waals surface area contributed by atoms with Gasteiger partial charge in [-0.25, -0.2) is 0 Å². The smallest absolute Gasteiger partial charge is 0.191 e. The van der Waals surface area contributed by atoms with Crippen molar-refractivity contribution in [3.8, 4) is 0 Å². The van der Waals surface area contributed by atoms with Gasteiger partial charge in [-0.1, -0.05) is 0 Å². The lowest BCUT2D eigenvalue weighted by atomic mass is 10.6. The average Bonchev–Trinajstić information content (AvgIpc) is 2.08. The molecule has 3 nitrogen and oxygen atoms in total. The van der Waals surface area contributed by atoms with Crippen LogP contribution in [0.15, 0.2) is 0 Å². The Morgan fingerprint density at radius 2 is 2.00 bits per heavy atom. The Morgan fingerprint density at radius 3 is 2.18 bits per heavy atom. The molecule has 0 aliphatic heterocycles. The van der Waals surface area contributed by atoms with E-state index < -0.39 is 12.0 Å². The summed E-state index contributed by atoms with van der Waals surface area (Å²) in [7, 11) is 1.27. The lowest BCUT2D eigenvalue weighted by molar-refractivity contribution is -0.745. The van der Waals surface area contributed by atoms with Crippen LogP contribution in [0.25, 0.3) is 0 Å². The van der Waals surface area contributed by atoms with Crippen molar-refractivity contribution >= 4 is 0 Å². The fraction of sp³-hybridized carbons (Fsp3) is 0.600. The highest BCUT2D eigenvalue weighted by molar-refractivity contribution is 4.84. The molecule has 1 rings (SSSR count). The standard InChI is InChI=1S/C5H6F3N3/c1-3-9-4(5(6,7)8)11(2)10-3/h1-2H3/p+1. The third-order valence-electron chi connectivity index (χ3n) is 1.17. The molecule has 0 saturated carbocycles. The molecule has 1 aromatic rings. The SMILES string of the molecule is Cc1nc(C(F)(F)F)[n+](C)[nH]1. The molecule has 0 spiro atoms. The Morgan fingerprint density at radius 1 is 1.45 bits per heavy atom. The van der Waals surface area contributed by atoms with Gasteiger partial charge in [0.1, 0.15) is 7.05 Å². The van der Waals surface area contributed by atoms with Crippen molar-refractivity contribution in [2.45, 2.75) is 13.1 Å². The van der Waals surface area contributed by atoms with Gasteiger partial charge in [0.2, 0.25) is 5.82 Å². The zero-order chi connectivity index (χ0) is 8.65. The number of aryl methyl sites for hydroxylation is 2. The molecule has 0 radical (unpaired) electrons. The quantitative estimate of drug-likeness (QED) is 0.561. The number of H-pyrrole nitrogens is 1. The summed E-state index contributed by atoms with van der Waals surface area (Å²) in [6, 6.07) is 0. The predicted molar refractivity (Wildman–Crippen MR) is 29.5 cm³/mol. The molecule has 0 unspecified atom stereocenters. The van der Waals surface area contributed by atoms with E-state index in [-0.39, 0.29) is 5.82 Å². The third kappa shape index (κ3) is 1.50. The largest absolute Gasteiger partial charge is 0.501 e. The number of halogens is 3.